The van der Waals surface area contributed by atoms with Crippen LogP contribution < -0.4 is 20.3 Å². The van der Waals surface area contributed by atoms with Crippen LogP contribution in [-0.4, -0.2) is 80.2 Å². The zero-order valence-electron chi connectivity index (χ0n) is 23.7. The number of hydrogen-bond acceptors (Lipinski definition) is 9. The van der Waals surface area contributed by atoms with Crippen LogP contribution in [-0.2, 0) is 18.3 Å². The molecular weight excluding hydrogens is 464 g/mol. The van der Waals surface area contributed by atoms with Gasteiger partial charge in [-0.2, -0.15) is 20.1 Å². The first kappa shape index (κ1) is 21.0. The van der Waals surface area contributed by atoms with Gasteiger partial charge in [0.2, 0.25) is 5.91 Å². The summed E-state index contributed by atoms with van der Waals surface area (Å²) in [7, 11) is 3.19. The van der Waals surface area contributed by atoms with E-state index in [1.165, 1.54) is 16.8 Å². The summed E-state index contributed by atoms with van der Waals surface area (Å²) in [6.45, 7) is 3.93. The Bertz CT molecular complexity index is 1390. The highest BCUT2D eigenvalue weighted by atomic mass is 16.5. The number of methoxy groups -OCH3 is 1. The number of pyridine rings is 1. The Hall–Kier alpha value is -4.29. The lowest BCUT2D eigenvalue weighted by Crippen LogP contribution is -2.36. The molecule has 2 N–H and O–H groups in total. The molecule has 1 aliphatic heterocycles. The van der Waals surface area contributed by atoms with Crippen LogP contribution in [0.15, 0.2) is 18.3 Å². The predicted octanol–water partition coefficient (Wildman–Crippen LogP) is 1.67. The molecule has 0 spiro atoms. The van der Waals surface area contributed by atoms with Gasteiger partial charge in [0.1, 0.15) is 5.69 Å². The molecule has 4 rings (SSSR count). The van der Waals surface area contributed by atoms with Crippen LogP contribution in [0.2, 0.25) is 0 Å². The fraction of sp³-hybridized carbons (Fsp3) is 0.435. The maximum Gasteiger partial charge on any atom is 0.326 e. The van der Waals surface area contributed by atoms with Gasteiger partial charge in [-0.15, -0.1) is 5.10 Å². The van der Waals surface area contributed by atoms with Crippen molar-refractivity contribution in [1.82, 2.24) is 40.4 Å². The Labute approximate surface area is 213 Å². The van der Waals surface area contributed by atoms with E-state index < -0.39 is 12.9 Å². The van der Waals surface area contributed by atoms with Crippen molar-refractivity contribution in [3.8, 4) is 17.0 Å². The van der Waals surface area contributed by atoms with Gasteiger partial charge in [-0.25, -0.2) is 9.78 Å². The number of anilines is 3. The first-order valence-corrected chi connectivity index (χ1v) is 11.3. The van der Waals surface area contributed by atoms with Crippen LogP contribution in [0.1, 0.15) is 29.3 Å². The normalized spacial score (nSPS) is 15.1. The minimum absolute atomic E-state index is 0.0103. The Morgan fingerprint density at radius 2 is 2.08 bits per heavy atom. The van der Waals surface area contributed by atoms with Crippen molar-refractivity contribution in [2.75, 3.05) is 37.4 Å². The first-order chi connectivity index (χ1) is 18.4. The molecule has 36 heavy (non-hydrogen) atoms. The molecule has 13 heteroatoms. The Balaban J connectivity index is 1.76. The van der Waals surface area contributed by atoms with Crippen molar-refractivity contribution in [3.05, 3.63) is 29.7 Å². The van der Waals surface area contributed by atoms with E-state index in [-0.39, 0.29) is 30.0 Å². The van der Waals surface area contributed by atoms with E-state index in [1.54, 1.807) is 37.2 Å². The van der Waals surface area contributed by atoms with Crippen molar-refractivity contribution in [1.29, 1.82) is 0 Å². The van der Waals surface area contributed by atoms with E-state index in [9.17, 15) is 9.59 Å². The van der Waals surface area contributed by atoms with E-state index in [0.717, 1.165) is 0 Å². The topological polar surface area (TPSA) is 143 Å². The van der Waals surface area contributed by atoms with E-state index in [4.69, 9.17) is 8.85 Å². The number of ether oxygens (including phenoxy) is 1. The third-order valence-corrected chi connectivity index (χ3v) is 5.70. The number of likely N-dealkylation sites (N-methyl/N-ethyl adjacent to an activating group) is 1. The molecule has 0 atom stereocenters. The monoisotopic (exact) mass is 497 g/mol. The standard InChI is InChI=1S/C23H30N10O3/c1-13(2)32-7-8-33(23(32)35)19-10-16(17(28-29-19)11-20(34)24-4)27-22-21(36-6)15(9-14(3)26-22)18-12-25-31(5)30-18/h9-10,12-13H,7-8,11H2,1-6H3,(H,24,34)(H,26,27,29)/i4D3. The van der Waals surface area contributed by atoms with E-state index in [1.807, 2.05) is 19.2 Å². The van der Waals surface area contributed by atoms with Crippen molar-refractivity contribution < 1.29 is 18.4 Å². The fourth-order valence-corrected chi connectivity index (χ4v) is 3.96. The lowest BCUT2D eigenvalue weighted by molar-refractivity contribution is -0.120. The van der Waals surface area contributed by atoms with Crippen LogP contribution >= 0.6 is 0 Å². The molecule has 1 fully saturated rings. The molecule has 190 valence electrons. The molecule has 1 aliphatic rings. The molecule has 0 saturated carbocycles. The minimum Gasteiger partial charge on any atom is -0.492 e. The number of urea groups is 1. The molecule has 13 nitrogen and oxygen atoms in total. The average Bonchev–Trinajstić information content (AvgIpc) is 3.44. The van der Waals surface area contributed by atoms with Crippen LogP contribution in [0.3, 0.4) is 0 Å². The summed E-state index contributed by atoms with van der Waals surface area (Å²) >= 11 is 0. The molecular formula is C23H30N10O3. The van der Waals surface area contributed by atoms with Gasteiger partial charge in [-0.1, -0.05) is 0 Å². The number of aryl methyl sites for hydroxylation is 2. The molecule has 3 aromatic rings. The van der Waals surface area contributed by atoms with E-state index >= 15 is 0 Å². The van der Waals surface area contributed by atoms with Crippen molar-refractivity contribution >= 4 is 29.3 Å². The molecule has 1 saturated heterocycles. The number of carbonyl (C=O) groups is 2. The van der Waals surface area contributed by atoms with Gasteiger partial charge in [0.05, 0.1) is 36.7 Å². The third-order valence-electron chi connectivity index (χ3n) is 5.70. The number of hydrogen-bond donors (Lipinski definition) is 2. The molecule has 0 bridgehead atoms. The highest BCUT2D eigenvalue weighted by Gasteiger charge is 2.32. The molecule has 3 aromatic heterocycles. The quantitative estimate of drug-likeness (QED) is 0.475. The maximum absolute atomic E-state index is 13.0. The first-order valence-electron chi connectivity index (χ1n) is 12.8. The molecule has 0 radical (unpaired) electrons. The fourth-order valence-electron chi connectivity index (χ4n) is 3.96. The van der Waals surface area contributed by atoms with Crippen LogP contribution in [0, 0.1) is 6.92 Å². The van der Waals surface area contributed by atoms with Gasteiger partial charge < -0.3 is 20.3 Å². The zero-order chi connectivity index (χ0) is 28.5. The van der Waals surface area contributed by atoms with Gasteiger partial charge in [0, 0.05) is 49.0 Å². The third kappa shape index (κ3) is 4.90. The van der Waals surface area contributed by atoms with Crippen LogP contribution in [0.5, 0.6) is 5.75 Å². The summed E-state index contributed by atoms with van der Waals surface area (Å²) in [6.07, 6.45) is 1.21. The van der Waals surface area contributed by atoms with E-state index in [2.05, 4.69) is 30.7 Å². The highest BCUT2D eigenvalue weighted by molar-refractivity contribution is 5.94. The summed E-state index contributed by atoms with van der Waals surface area (Å²) in [5.74, 6) is 0.158. The number of aromatic nitrogens is 6. The zero-order valence-corrected chi connectivity index (χ0v) is 20.7. The number of nitrogens with one attached hydrogen (secondary N) is 2. The van der Waals surface area contributed by atoms with Crippen molar-refractivity contribution in [2.24, 2.45) is 7.05 Å². The number of carbonyl (C=O) groups excluding carboxylic acids is 2. The second-order valence-electron chi connectivity index (χ2n) is 8.55. The van der Waals surface area contributed by atoms with Crippen LogP contribution in [0.25, 0.3) is 11.3 Å². The van der Waals surface area contributed by atoms with Gasteiger partial charge in [0.15, 0.2) is 17.4 Å². The molecule has 3 amide bonds. The second kappa shape index (κ2) is 10.1. The van der Waals surface area contributed by atoms with Gasteiger partial charge in [0.25, 0.3) is 0 Å². The minimum atomic E-state index is -2.66. The highest BCUT2D eigenvalue weighted by Crippen LogP contribution is 2.37. The summed E-state index contributed by atoms with van der Waals surface area (Å²) in [5.41, 5.74) is 2.29. The summed E-state index contributed by atoms with van der Waals surface area (Å²) in [4.78, 5) is 34.6. The second-order valence-corrected chi connectivity index (χ2v) is 8.55. The SMILES string of the molecule is [2H]C([2H])([2H])NC(=O)Cc1nnc(N2CCN(C(C)C)C2=O)cc1Nc1nc(C)cc(-c2cnn(C)n2)c1OC. The number of rotatable bonds is 8. The summed E-state index contributed by atoms with van der Waals surface area (Å²) in [6, 6.07) is 3.18. The molecule has 0 aliphatic carbocycles. The summed E-state index contributed by atoms with van der Waals surface area (Å²) < 4.78 is 27.7. The smallest absolute Gasteiger partial charge is 0.326 e. The van der Waals surface area contributed by atoms with Crippen molar-refractivity contribution in [2.45, 2.75) is 33.2 Å². The maximum atomic E-state index is 13.0. The van der Waals surface area contributed by atoms with Crippen molar-refractivity contribution in [3.63, 3.8) is 0 Å². The number of amides is 3. The lowest BCUT2D eigenvalue weighted by Gasteiger charge is -2.22. The average molecular weight is 498 g/mol. The molecule has 0 aromatic carbocycles. The van der Waals surface area contributed by atoms with Gasteiger partial charge in [-0.3, -0.25) is 9.69 Å². The molecule has 4 heterocycles. The Kier molecular flexibility index (Phi) is 5.92. The lowest BCUT2D eigenvalue weighted by atomic mass is 10.1. The molecule has 0 unspecified atom stereocenters. The van der Waals surface area contributed by atoms with Gasteiger partial charge >= 0.3 is 6.03 Å². The van der Waals surface area contributed by atoms with Crippen LogP contribution in [0.4, 0.5) is 22.1 Å². The number of nitrogens with zero attached hydrogens (tertiary/aromatic N) is 8. The largest absolute Gasteiger partial charge is 0.492 e. The van der Waals surface area contributed by atoms with E-state index in [0.29, 0.717) is 47.3 Å². The Morgan fingerprint density at radius 1 is 1.28 bits per heavy atom. The summed E-state index contributed by atoms with van der Waals surface area (Å²) in [5, 5.41) is 22.0. The predicted molar refractivity (Wildman–Crippen MR) is 133 cm³/mol. The Morgan fingerprint density at radius 3 is 2.72 bits per heavy atom. The van der Waals surface area contributed by atoms with Gasteiger partial charge in [-0.05, 0) is 26.8 Å².